The van der Waals surface area contributed by atoms with Crippen molar-refractivity contribution in [1.82, 2.24) is 25.4 Å². The van der Waals surface area contributed by atoms with Crippen LogP contribution >= 0.6 is 0 Å². The van der Waals surface area contributed by atoms with Crippen LogP contribution in [0.2, 0.25) is 0 Å². The fourth-order valence-corrected chi connectivity index (χ4v) is 2.66. The summed E-state index contributed by atoms with van der Waals surface area (Å²) < 4.78 is 0. The van der Waals surface area contributed by atoms with Gasteiger partial charge in [-0.05, 0) is 25.8 Å². The van der Waals surface area contributed by atoms with Crippen LogP contribution in [-0.4, -0.2) is 45.0 Å². The fraction of sp³-hybridized carbons (Fsp3) is 0.625. The highest BCUT2D eigenvalue weighted by molar-refractivity contribution is 5.88. The highest BCUT2D eigenvalue weighted by Gasteiger charge is 2.28. The van der Waals surface area contributed by atoms with Crippen molar-refractivity contribution in [3.63, 3.8) is 0 Å². The van der Waals surface area contributed by atoms with Gasteiger partial charge in [0.05, 0.1) is 12.0 Å². The van der Waals surface area contributed by atoms with Gasteiger partial charge in [-0.1, -0.05) is 20.4 Å². The number of carbonyl (C=O) groups is 2. The van der Waals surface area contributed by atoms with E-state index in [4.69, 9.17) is 0 Å². The molecular weight excluding hydrogens is 294 g/mol. The second-order valence-electron chi connectivity index (χ2n) is 6.29. The molecule has 1 aliphatic rings. The number of amides is 2. The molecule has 2 unspecified atom stereocenters. The Balaban J connectivity index is 1.94. The summed E-state index contributed by atoms with van der Waals surface area (Å²) in [5.41, 5.74) is 0. The standard InChI is InChI=1S/C16H25N5O2/c1-5-13(22)21-8-6-7-12(9-21)16(23)17-11(4)15-18-14(10(2)3)19-20-15/h5,10-12H,1,6-9H2,2-4H3,(H,17,23)(H,18,19,20). The number of aromatic amines is 1. The van der Waals surface area contributed by atoms with Gasteiger partial charge in [-0.15, -0.1) is 0 Å². The predicted molar refractivity (Wildman–Crippen MR) is 86.5 cm³/mol. The van der Waals surface area contributed by atoms with Gasteiger partial charge in [-0.25, -0.2) is 4.98 Å². The number of nitrogens with one attached hydrogen (secondary N) is 2. The lowest BCUT2D eigenvalue weighted by atomic mass is 9.96. The molecule has 0 aliphatic carbocycles. The number of hydrogen-bond donors (Lipinski definition) is 2. The molecule has 1 saturated heterocycles. The smallest absolute Gasteiger partial charge is 0.245 e. The van der Waals surface area contributed by atoms with Crippen molar-refractivity contribution >= 4 is 11.8 Å². The Morgan fingerprint density at radius 1 is 1.43 bits per heavy atom. The first kappa shape index (κ1) is 17.2. The number of H-pyrrole nitrogens is 1. The average molecular weight is 319 g/mol. The quantitative estimate of drug-likeness (QED) is 0.805. The molecule has 1 aromatic heterocycles. The van der Waals surface area contributed by atoms with Crippen molar-refractivity contribution < 1.29 is 9.59 Å². The van der Waals surface area contributed by atoms with Crippen LogP contribution in [0.15, 0.2) is 12.7 Å². The van der Waals surface area contributed by atoms with E-state index in [1.165, 1.54) is 6.08 Å². The minimum atomic E-state index is -0.243. The zero-order valence-corrected chi connectivity index (χ0v) is 14.0. The van der Waals surface area contributed by atoms with Crippen LogP contribution in [0.4, 0.5) is 0 Å². The maximum absolute atomic E-state index is 12.4. The summed E-state index contributed by atoms with van der Waals surface area (Å²) in [6.07, 6.45) is 2.91. The lowest BCUT2D eigenvalue weighted by Crippen LogP contribution is -2.45. The number of piperidine rings is 1. The summed E-state index contributed by atoms with van der Waals surface area (Å²) in [5.74, 6) is 1.26. The number of carbonyl (C=O) groups excluding carboxylic acids is 2. The number of aromatic nitrogens is 3. The third kappa shape index (κ3) is 4.18. The van der Waals surface area contributed by atoms with Gasteiger partial charge in [-0.3, -0.25) is 14.7 Å². The monoisotopic (exact) mass is 319 g/mol. The molecule has 2 atom stereocenters. The predicted octanol–water partition coefficient (Wildman–Crippen LogP) is 1.53. The third-order valence-corrected chi connectivity index (χ3v) is 4.08. The van der Waals surface area contributed by atoms with Gasteiger partial charge in [0, 0.05) is 19.0 Å². The van der Waals surface area contributed by atoms with Crippen molar-refractivity contribution in [2.24, 2.45) is 5.92 Å². The van der Waals surface area contributed by atoms with Crippen LogP contribution in [0, 0.1) is 5.92 Å². The minimum absolute atomic E-state index is 0.0541. The zero-order valence-electron chi connectivity index (χ0n) is 14.0. The second kappa shape index (κ2) is 7.39. The number of rotatable bonds is 5. The van der Waals surface area contributed by atoms with Crippen LogP contribution in [0.25, 0.3) is 0 Å². The summed E-state index contributed by atoms with van der Waals surface area (Å²) in [6.45, 7) is 10.5. The van der Waals surface area contributed by atoms with Crippen LogP contribution in [-0.2, 0) is 9.59 Å². The summed E-state index contributed by atoms with van der Waals surface area (Å²) in [7, 11) is 0. The maximum atomic E-state index is 12.4. The van der Waals surface area contributed by atoms with Crippen molar-refractivity contribution in [1.29, 1.82) is 0 Å². The number of hydrogen-bond acceptors (Lipinski definition) is 4. The summed E-state index contributed by atoms with van der Waals surface area (Å²) >= 11 is 0. The first-order valence-electron chi connectivity index (χ1n) is 8.06. The zero-order chi connectivity index (χ0) is 17.0. The molecule has 1 aromatic rings. The molecule has 0 aromatic carbocycles. The van der Waals surface area contributed by atoms with Gasteiger partial charge in [0.25, 0.3) is 0 Å². The van der Waals surface area contributed by atoms with E-state index >= 15 is 0 Å². The SMILES string of the molecule is C=CC(=O)N1CCCC(C(=O)NC(C)c2nc(C(C)C)n[nH]2)C1. The van der Waals surface area contributed by atoms with E-state index in [1.54, 1.807) is 4.90 Å². The van der Waals surface area contributed by atoms with E-state index in [9.17, 15) is 9.59 Å². The lowest BCUT2D eigenvalue weighted by Gasteiger charge is -2.31. The first-order chi connectivity index (χ1) is 10.9. The van der Waals surface area contributed by atoms with Gasteiger partial charge < -0.3 is 10.2 Å². The lowest BCUT2D eigenvalue weighted by molar-refractivity contribution is -0.132. The Bertz CT molecular complexity index is 581. The molecule has 2 rings (SSSR count). The van der Waals surface area contributed by atoms with Crippen molar-refractivity contribution in [3.8, 4) is 0 Å². The average Bonchev–Trinajstić information content (AvgIpc) is 3.04. The molecule has 2 N–H and O–H groups in total. The molecule has 2 heterocycles. The van der Waals surface area contributed by atoms with Gasteiger partial charge in [0.2, 0.25) is 11.8 Å². The number of likely N-dealkylation sites (tertiary alicyclic amines) is 1. The van der Waals surface area contributed by atoms with E-state index in [0.717, 1.165) is 18.7 Å². The van der Waals surface area contributed by atoms with Crippen LogP contribution < -0.4 is 5.32 Å². The highest BCUT2D eigenvalue weighted by atomic mass is 16.2. The normalized spacial score (nSPS) is 19.5. The van der Waals surface area contributed by atoms with Gasteiger partial charge in [0.1, 0.15) is 5.82 Å². The summed E-state index contributed by atoms with van der Waals surface area (Å²) in [6, 6.07) is -0.243. The molecule has 0 bridgehead atoms. The van der Waals surface area contributed by atoms with Crippen LogP contribution in [0.5, 0.6) is 0 Å². The third-order valence-electron chi connectivity index (χ3n) is 4.08. The second-order valence-corrected chi connectivity index (χ2v) is 6.29. The van der Waals surface area contributed by atoms with Gasteiger partial charge in [-0.2, -0.15) is 5.10 Å². The molecule has 7 nitrogen and oxygen atoms in total. The Labute approximate surface area is 136 Å². The fourth-order valence-electron chi connectivity index (χ4n) is 2.66. The molecule has 0 radical (unpaired) electrons. The molecule has 1 fully saturated rings. The van der Waals surface area contributed by atoms with Gasteiger partial charge in [0.15, 0.2) is 5.82 Å². The summed E-state index contributed by atoms with van der Waals surface area (Å²) in [4.78, 5) is 30.2. The molecule has 0 saturated carbocycles. The molecule has 0 spiro atoms. The topological polar surface area (TPSA) is 91.0 Å². The molecule has 2 amide bonds. The van der Waals surface area contributed by atoms with E-state index in [2.05, 4.69) is 27.1 Å². The minimum Gasteiger partial charge on any atom is -0.346 e. The molecule has 23 heavy (non-hydrogen) atoms. The Morgan fingerprint density at radius 3 is 2.78 bits per heavy atom. The van der Waals surface area contributed by atoms with Crippen molar-refractivity contribution in [2.45, 2.75) is 45.6 Å². The molecular formula is C16H25N5O2. The first-order valence-corrected chi connectivity index (χ1v) is 8.06. The van der Waals surface area contributed by atoms with E-state index < -0.39 is 0 Å². The van der Waals surface area contributed by atoms with E-state index in [1.807, 2.05) is 20.8 Å². The van der Waals surface area contributed by atoms with Crippen molar-refractivity contribution in [2.75, 3.05) is 13.1 Å². The van der Waals surface area contributed by atoms with E-state index in [0.29, 0.717) is 18.9 Å². The van der Waals surface area contributed by atoms with Crippen LogP contribution in [0.3, 0.4) is 0 Å². The molecule has 1 aliphatic heterocycles. The number of nitrogens with zero attached hydrogens (tertiary/aromatic N) is 3. The summed E-state index contributed by atoms with van der Waals surface area (Å²) in [5, 5.41) is 9.99. The van der Waals surface area contributed by atoms with Gasteiger partial charge >= 0.3 is 0 Å². The maximum Gasteiger partial charge on any atom is 0.245 e. The van der Waals surface area contributed by atoms with Crippen molar-refractivity contribution in [3.05, 3.63) is 24.3 Å². The van der Waals surface area contributed by atoms with Crippen LogP contribution in [0.1, 0.15) is 57.2 Å². The highest BCUT2D eigenvalue weighted by Crippen LogP contribution is 2.19. The molecule has 126 valence electrons. The largest absolute Gasteiger partial charge is 0.346 e. The Kier molecular flexibility index (Phi) is 5.52. The Hall–Kier alpha value is -2.18. The van der Waals surface area contributed by atoms with E-state index in [-0.39, 0.29) is 29.7 Å². The Morgan fingerprint density at radius 2 is 2.17 bits per heavy atom. The molecule has 7 heteroatoms.